The van der Waals surface area contributed by atoms with E-state index in [1.54, 1.807) is 30.3 Å². The van der Waals surface area contributed by atoms with Gasteiger partial charge in [0, 0.05) is 21.7 Å². The van der Waals surface area contributed by atoms with Crippen molar-refractivity contribution in [2.45, 2.75) is 6.54 Å². The standard InChI is InChI=1S/C23H13Cl2N3O7S/c24-17-2-1-3-18(25)16(17)12-26-22(29)21(36-23(26)30)10-13-4-7-15(8-5-13)35-20-9-6-14(27(31)32)11-19(20)28(33)34/h1-11H,12H2/b21-10+. The Hall–Kier alpha value is -3.93. The molecule has 0 saturated carbocycles. The largest absolute Gasteiger partial charge is 0.450 e. The van der Waals surface area contributed by atoms with Crippen molar-refractivity contribution in [1.82, 2.24) is 4.90 Å². The van der Waals surface area contributed by atoms with Crippen LogP contribution in [0.1, 0.15) is 11.1 Å². The number of rotatable bonds is 7. The van der Waals surface area contributed by atoms with E-state index < -0.39 is 32.4 Å². The summed E-state index contributed by atoms with van der Waals surface area (Å²) < 4.78 is 5.53. The maximum atomic E-state index is 12.8. The average Bonchev–Trinajstić information content (AvgIpc) is 3.09. The molecule has 3 aromatic rings. The fraction of sp³-hybridized carbons (Fsp3) is 0.0435. The monoisotopic (exact) mass is 545 g/mol. The normalized spacial score (nSPS) is 14.4. The Bertz CT molecular complexity index is 1420. The molecule has 0 unspecified atom stereocenters. The molecule has 182 valence electrons. The zero-order valence-corrected chi connectivity index (χ0v) is 20.2. The number of halogens is 2. The van der Waals surface area contributed by atoms with Crippen LogP contribution in [0, 0.1) is 20.2 Å². The Balaban J connectivity index is 1.51. The first kappa shape index (κ1) is 25.2. The lowest BCUT2D eigenvalue weighted by Gasteiger charge is -2.14. The van der Waals surface area contributed by atoms with Gasteiger partial charge in [0.05, 0.1) is 27.4 Å². The summed E-state index contributed by atoms with van der Waals surface area (Å²) in [5, 5.41) is 22.4. The van der Waals surface area contributed by atoms with Crippen molar-refractivity contribution in [1.29, 1.82) is 0 Å². The van der Waals surface area contributed by atoms with Crippen LogP contribution in [0.2, 0.25) is 10.0 Å². The smallest absolute Gasteiger partial charge is 0.318 e. The SMILES string of the molecule is O=C1S/C(=C/c2ccc(Oc3ccc([N+](=O)[O-])cc3[N+](=O)[O-])cc2)C(=O)N1Cc1c(Cl)cccc1Cl. The lowest BCUT2D eigenvalue weighted by molar-refractivity contribution is -0.394. The van der Waals surface area contributed by atoms with Gasteiger partial charge in [-0.1, -0.05) is 41.4 Å². The zero-order chi connectivity index (χ0) is 26.0. The highest BCUT2D eigenvalue weighted by molar-refractivity contribution is 8.18. The summed E-state index contributed by atoms with van der Waals surface area (Å²) in [6, 6.07) is 14.1. The van der Waals surface area contributed by atoms with Crippen LogP contribution in [-0.2, 0) is 11.3 Å². The highest BCUT2D eigenvalue weighted by Crippen LogP contribution is 2.37. The number of carbonyl (C=O) groups is 2. The molecule has 1 aliphatic rings. The van der Waals surface area contributed by atoms with Gasteiger partial charge in [-0.15, -0.1) is 0 Å². The van der Waals surface area contributed by atoms with Gasteiger partial charge in [-0.05, 0) is 53.7 Å². The minimum atomic E-state index is -0.775. The fourth-order valence-corrected chi connectivity index (χ4v) is 4.59. The molecule has 1 fully saturated rings. The first-order chi connectivity index (χ1) is 17.1. The molecule has 3 aromatic carbocycles. The highest BCUT2D eigenvalue weighted by Gasteiger charge is 2.35. The molecule has 0 aromatic heterocycles. The third-order valence-corrected chi connectivity index (χ3v) is 6.62. The molecule has 0 atom stereocenters. The van der Waals surface area contributed by atoms with E-state index >= 15 is 0 Å². The van der Waals surface area contributed by atoms with Gasteiger partial charge in [0.1, 0.15) is 5.75 Å². The van der Waals surface area contributed by atoms with E-state index in [4.69, 9.17) is 27.9 Å². The quantitative estimate of drug-likeness (QED) is 0.179. The van der Waals surface area contributed by atoms with E-state index in [9.17, 15) is 29.8 Å². The highest BCUT2D eigenvalue weighted by atomic mass is 35.5. The number of carbonyl (C=O) groups excluding carboxylic acids is 2. The van der Waals surface area contributed by atoms with E-state index in [0.29, 0.717) is 21.2 Å². The first-order valence-electron chi connectivity index (χ1n) is 10.0. The Kier molecular flexibility index (Phi) is 7.25. The van der Waals surface area contributed by atoms with Crippen molar-refractivity contribution in [2.75, 3.05) is 0 Å². The second-order valence-corrected chi connectivity index (χ2v) is 9.11. The molecular formula is C23H13Cl2N3O7S. The van der Waals surface area contributed by atoms with E-state index in [1.807, 2.05) is 0 Å². The summed E-state index contributed by atoms with van der Waals surface area (Å²) in [5.41, 5.74) is 0.0452. The van der Waals surface area contributed by atoms with E-state index in [0.717, 1.165) is 34.9 Å². The minimum absolute atomic E-state index is 0.0681. The summed E-state index contributed by atoms with van der Waals surface area (Å²) in [6.45, 7) is -0.0681. The van der Waals surface area contributed by atoms with Crippen LogP contribution in [0.4, 0.5) is 16.2 Å². The van der Waals surface area contributed by atoms with Crippen molar-refractivity contribution in [3.8, 4) is 11.5 Å². The molecule has 1 heterocycles. The number of hydrogen-bond donors (Lipinski definition) is 0. The number of imide groups is 1. The molecule has 36 heavy (non-hydrogen) atoms. The van der Waals surface area contributed by atoms with E-state index in [1.165, 1.54) is 18.2 Å². The Morgan fingerprint density at radius 3 is 2.22 bits per heavy atom. The first-order valence-corrected chi connectivity index (χ1v) is 11.6. The average molecular weight is 546 g/mol. The van der Waals surface area contributed by atoms with Gasteiger partial charge in [0.2, 0.25) is 5.75 Å². The summed E-state index contributed by atoms with van der Waals surface area (Å²) in [6.07, 6.45) is 1.53. The molecule has 0 radical (unpaired) electrons. The van der Waals surface area contributed by atoms with Crippen LogP contribution < -0.4 is 4.74 Å². The number of amides is 2. The van der Waals surface area contributed by atoms with Gasteiger partial charge in [-0.3, -0.25) is 34.7 Å². The number of nitro groups is 2. The molecule has 1 saturated heterocycles. The Morgan fingerprint density at radius 2 is 1.61 bits per heavy atom. The van der Waals surface area contributed by atoms with Crippen molar-refractivity contribution in [2.24, 2.45) is 0 Å². The molecule has 10 nitrogen and oxygen atoms in total. The van der Waals surface area contributed by atoms with E-state index in [2.05, 4.69) is 0 Å². The topological polar surface area (TPSA) is 133 Å². The molecule has 0 bridgehead atoms. The minimum Gasteiger partial charge on any atom is -0.450 e. The number of non-ortho nitro benzene ring substituents is 1. The van der Waals surface area contributed by atoms with Crippen molar-refractivity contribution < 1.29 is 24.2 Å². The molecule has 4 rings (SSSR count). The third-order valence-electron chi connectivity index (χ3n) is 5.01. The van der Waals surface area contributed by atoms with Crippen LogP contribution in [0.3, 0.4) is 0 Å². The number of hydrogen-bond acceptors (Lipinski definition) is 8. The maximum absolute atomic E-state index is 12.8. The summed E-state index contributed by atoms with van der Waals surface area (Å²) in [5.74, 6) is -0.439. The number of ether oxygens (including phenoxy) is 1. The van der Waals surface area contributed by atoms with Crippen molar-refractivity contribution in [3.05, 3.63) is 107 Å². The number of benzene rings is 3. The second-order valence-electron chi connectivity index (χ2n) is 7.31. The van der Waals surface area contributed by atoms with Crippen LogP contribution in [0.15, 0.2) is 65.6 Å². The Labute approximate surface area is 217 Å². The summed E-state index contributed by atoms with van der Waals surface area (Å²) >= 11 is 13.1. The second kappa shape index (κ2) is 10.4. The predicted octanol–water partition coefficient (Wildman–Crippen LogP) is 6.84. The number of thioether (sulfide) groups is 1. The molecule has 2 amide bonds. The van der Waals surface area contributed by atoms with Crippen LogP contribution in [0.25, 0.3) is 6.08 Å². The summed E-state index contributed by atoms with van der Waals surface area (Å²) in [7, 11) is 0. The van der Waals surface area contributed by atoms with Gasteiger partial charge in [0.15, 0.2) is 0 Å². The molecular weight excluding hydrogens is 533 g/mol. The Morgan fingerprint density at radius 1 is 0.944 bits per heavy atom. The van der Waals surface area contributed by atoms with Gasteiger partial charge in [-0.2, -0.15) is 0 Å². The number of nitrogens with zero attached hydrogens (tertiary/aromatic N) is 3. The summed E-state index contributed by atoms with van der Waals surface area (Å²) in [4.78, 5) is 47.2. The maximum Gasteiger partial charge on any atom is 0.318 e. The lowest BCUT2D eigenvalue weighted by Crippen LogP contribution is -2.27. The predicted molar refractivity (Wildman–Crippen MR) is 134 cm³/mol. The van der Waals surface area contributed by atoms with Gasteiger partial charge in [-0.25, -0.2) is 0 Å². The molecule has 0 aliphatic carbocycles. The van der Waals surface area contributed by atoms with Crippen LogP contribution >= 0.6 is 35.0 Å². The zero-order valence-electron chi connectivity index (χ0n) is 17.9. The van der Waals surface area contributed by atoms with Crippen LogP contribution in [-0.4, -0.2) is 25.9 Å². The van der Waals surface area contributed by atoms with Gasteiger partial charge < -0.3 is 4.74 Å². The van der Waals surface area contributed by atoms with Crippen LogP contribution in [0.5, 0.6) is 11.5 Å². The number of nitro benzene ring substituents is 2. The molecule has 13 heteroatoms. The van der Waals surface area contributed by atoms with Crippen molar-refractivity contribution >= 4 is 63.6 Å². The fourth-order valence-electron chi connectivity index (χ4n) is 3.24. The molecule has 0 N–H and O–H groups in total. The third kappa shape index (κ3) is 5.33. The van der Waals surface area contributed by atoms with E-state index in [-0.39, 0.29) is 22.9 Å². The lowest BCUT2D eigenvalue weighted by atomic mass is 10.2. The molecule has 1 aliphatic heterocycles. The van der Waals surface area contributed by atoms with Gasteiger partial charge >= 0.3 is 5.69 Å². The van der Waals surface area contributed by atoms with Crippen molar-refractivity contribution in [3.63, 3.8) is 0 Å². The molecule has 0 spiro atoms. The van der Waals surface area contributed by atoms with Gasteiger partial charge in [0.25, 0.3) is 16.8 Å².